The minimum absolute atomic E-state index is 0. The fourth-order valence-electron chi connectivity index (χ4n) is 2.59. The molecule has 1 aliphatic carbocycles. The molecule has 21 heavy (non-hydrogen) atoms. The quantitative estimate of drug-likeness (QED) is 0.576. The molecule has 1 amide bonds. The van der Waals surface area contributed by atoms with Crippen LogP contribution in [0.2, 0.25) is 0 Å². The molecule has 1 saturated carbocycles. The van der Waals surface area contributed by atoms with Crippen molar-refractivity contribution in [2.24, 2.45) is 0 Å². The minimum atomic E-state index is -0.328. The standard InChI is InChI=1S/C15H23N3O2.ClH/c19-13-8-5-9-17-14(13)15(20)18-11-10-16-12-6-3-1-2-4-7-12;/h5,8-9,12,16,19H,1-4,6-7,10-11H2,(H,18,20);1H. The first-order valence-electron chi connectivity index (χ1n) is 7.43. The molecule has 6 heteroatoms. The fourth-order valence-corrected chi connectivity index (χ4v) is 2.59. The van der Waals surface area contributed by atoms with Gasteiger partial charge in [0.2, 0.25) is 0 Å². The number of halogens is 1. The van der Waals surface area contributed by atoms with E-state index in [-0.39, 0.29) is 29.8 Å². The monoisotopic (exact) mass is 313 g/mol. The van der Waals surface area contributed by atoms with Crippen molar-refractivity contribution < 1.29 is 9.90 Å². The van der Waals surface area contributed by atoms with Crippen LogP contribution in [0.5, 0.6) is 5.75 Å². The summed E-state index contributed by atoms with van der Waals surface area (Å²) in [5.41, 5.74) is 0.0852. The maximum atomic E-state index is 11.8. The third-order valence-corrected chi connectivity index (χ3v) is 3.70. The third-order valence-electron chi connectivity index (χ3n) is 3.70. The molecule has 5 nitrogen and oxygen atoms in total. The molecule has 1 heterocycles. The summed E-state index contributed by atoms with van der Waals surface area (Å²) in [5.74, 6) is -0.410. The Kier molecular flexibility index (Phi) is 8.08. The largest absolute Gasteiger partial charge is 0.505 e. The van der Waals surface area contributed by atoms with Gasteiger partial charge in [0.05, 0.1) is 0 Å². The lowest BCUT2D eigenvalue weighted by molar-refractivity contribution is 0.0945. The van der Waals surface area contributed by atoms with E-state index < -0.39 is 0 Å². The molecule has 1 fully saturated rings. The summed E-state index contributed by atoms with van der Waals surface area (Å²) in [5, 5.41) is 15.8. The van der Waals surface area contributed by atoms with E-state index >= 15 is 0 Å². The number of nitrogens with one attached hydrogen (secondary N) is 2. The summed E-state index contributed by atoms with van der Waals surface area (Å²) in [7, 11) is 0. The number of aromatic nitrogens is 1. The van der Waals surface area contributed by atoms with Crippen LogP contribution >= 0.6 is 12.4 Å². The van der Waals surface area contributed by atoms with Gasteiger partial charge < -0.3 is 15.7 Å². The second kappa shape index (κ2) is 9.58. The Balaban J connectivity index is 0.00000220. The molecule has 0 aliphatic heterocycles. The second-order valence-corrected chi connectivity index (χ2v) is 5.27. The SMILES string of the molecule is Cl.O=C(NCCNC1CCCCCC1)c1ncccc1O. The van der Waals surface area contributed by atoms with E-state index in [0.717, 1.165) is 6.54 Å². The first-order valence-corrected chi connectivity index (χ1v) is 7.43. The highest BCUT2D eigenvalue weighted by atomic mass is 35.5. The van der Waals surface area contributed by atoms with E-state index in [1.54, 1.807) is 6.07 Å². The van der Waals surface area contributed by atoms with Crippen molar-refractivity contribution in [3.8, 4) is 5.75 Å². The number of hydrogen-bond acceptors (Lipinski definition) is 4. The maximum Gasteiger partial charge on any atom is 0.273 e. The summed E-state index contributed by atoms with van der Waals surface area (Å²) in [6, 6.07) is 3.64. The van der Waals surface area contributed by atoms with Gasteiger partial charge in [-0.3, -0.25) is 4.79 Å². The van der Waals surface area contributed by atoms with Gasteiger partial charge in [0.15, 0.2) is 5.69 Å². The predicted octanol–water partition coefficient (Wildman–Crippen LogP) is 2.25. The number of hydrogen-bond donors (Lipinski definition) is 3. The summed E-state index contributed by atoms with van der Waals surface area (Å²) in [4.78, 5) is 15.7. The summed E-state index contributed by atoms with van der Waals surface area (Å²) in [6.45, 7) is 1.30. The Hall–Kier alpha value is -1.33. The Morgan fingerprint density at radius 1 is 1.24 bits per heavy atom. The van der Waals surface area contributed by atoms with Gasteiger partial charge in [0.25, 0.3) is 5.91 Å². The van der Waals surface area contributed by atoms with Crippen LogP contribution in [-0.4, -0.2) is 35.1 Å². The highest BCUT2D eigenvalue weighted by molar-refractivity contribution is 5.94. The Morgan fingerprint density at radius 2 is 1.95 bits per heavy atom. The summed E-state index contributed by atoms with van der Waals surface area (Å²) >= 11 is 0. The lowest BCUT2D eigenvalue weighted by Gasteiger charge is -2.16. The van der Waals surface area contributed by atoms with Gasteiger partial charge in [0.1, 0.15) is 5.75 Å². The van der Waals surface area contributed by atoms with Crippen LogP contribution < -0.4 is 10.6 Å². The van der Waals surface area contributed by atoms with Crippen LogP contribution in [0.15, 0.2) is 18.3 Å². The molecule has 0 unspecified atom stereocenters. The van der Waals surface area contributed by atoms with Crippen molar-refractivity contribution in [2.75, 3.05) is 13.1 Å². The number of amides is 1. The normalized spacial score (nSPS) is 15.8. The highest BCUT2D eigenvalue weighted by Gasteiger charge is 2.13. The van der Waals surface area contributed by atoms with Gasteiger partial charge >= 0.3 is 0 Å². The first-order chi connectivity index (χ1) is 9.77. The number of nitrogens with zero attached hydrogens (tertiary/aromatic N) is 1. The molecule has 0 atom stereocenters. The van der Waals surface area contributed by atoms with E-state index in [2.05, 4.69) is 15.6 Å². The van der Waals surface area contributed by atoms with Gasteiger partial charge in [-0.1, -0.05) is 25.7 Å². The van der Waals surface area contributed by atoms with Crippen LogP contribution in [-0.2, 0) is 0 Å². The van der Waals surface area contributed by atoms with Crippen molar-refractivity contribution in [3.63, 3.8) is 0 Å². The zero-order valence-corrected chi connectivity index (χ0v) is 13.0. The average Bonchev–Trinajstić information content (AvgIpc) is 2.72. The molecule has 1 aromatic rings. The molecule has 118 valence electrons. The number of rotatable bonds is 5. The van der Waals surface area contributed by atoms with Gasteiger partial charge in [0, 0.05) is 25.3 Å². The number of carbonyl (C=O) groups excluding carboxylic acids is 1. The molecule has 1 aromatic heterocycles. The molecule has 3 N–H and O–H groups in total. The molecule has 1 aliphatic rings. The topological polar surface area (TPSA) is 74.2 Å². The summed E-state index contributed by atoms with van der Waals surface area (Å²) < 4.78 is 0. The van der Waals surface area contributed by atoms with Crippen LogP contribution in [0.1, 0.15) is 49.0 Å². The Bertz CT molecular complexity index is 435. The average molecular weight is 314 g/mol. The minimum Gasteiger partial charge on any atom is -0.505 e. The molecule has 0 bridgehead atoms. The van der Waals surface area contributed by atoms with Crippen molar-refractivity contribution in [1.29, 1.82) is 0 Å². The van der Waals surface area contributed by atoms with Gasteiger partial charge in [-0.15, -0.1) is 12.4 Å². The van der Waals surface area contributed by atoms with Crippen molar-refractivity contribution in [3.05, 3.63) is 24.0 Å². The van der Waals surface area contributed by atoms with E-state index in [0.29, 0.717) is 12.6 Å². The van der Waals surface area contributed by atoms with Crippen molar-refractivity contribution in [2.45, 2.75) is 44.6 Å². The van der Waals surface area contributed by atoms with Crippen LogP contribution in [0.25, 0.3) is 0 Å². The fraction of sp³-hybridized carbons (Fsp3) is 0.600. The van der Waals surface area contributed by atoms with Crippen LogP contribution in [0, 0.1) is 0 Å². The number of carbonyl (C=O) groups is 1. The van der Waals surface area contributed by atoms with E-state index in [4.69, 9.17) is 0 Å². The summed E-state index contributed by atoms with van der Waals surface area (Å²) in [6.07, 6.45) is 9.24. The van der Waals surface area contributed by atoms with Crippen LogP contribution in [0.4, 0.5) is 0 Å². The third kappa shape index (κ3) is 5.89. The van der Waals surface area contributed by atoms with Crippen molar-refractivity contribution >= 4 is 18.3 Å². The molecule has 0 spiro atoms. The lowest BCUT2D eigenvalue weighted by atomic mass is 10.1. The smallest absolute Gasteiger partial charge is 0.273 e. The molecular formula is C15H24ClN3O2. The lowest BCUT2D eigenvalue weighted by Crippen LogP contribution is -2.37. The highest BCUT2D eigenvalue weighted by Crippen LogP contribution is 2.16. The van der Waals surface area contributed by atoms with Gasteiger partial charge in [-0.05, 0) is 25.0 Å². The molecule has 0 saturated heterocycles. The van der Waals surface area contributed by atoms with Crippen LogP contribution in [0.3, 0.4) is 0 Å². The van der Waals surface area contributed by atoms with Gasteiger partial charge in [-0.25, -0.2) is 4.98 Å². The molecule has 0 radical (unpaired) electrons. The van der Waals surface area contributed by atoms with E-state index in [1.165, 1.54) is 50.8 Å². The predicted molar refractivity (Wildman–Crippen MR) is 85.0 cm³/mol. The Morgan fingerprint density at radius 3 is 2.62 bits per heavy atom. The van der Waals surface area contributed by atoms with E-state index in [9.17, 15) is 9.90 Å². The zero-order chi connectivity index (χ0) is 14.2. The molecular weight excluding hydrogens is 290 g/mol. The van der Waals surface area contributed by atoms with E-state index in [1.807, 2.05) is 0 Å². The molecule has 0 aromatic carbocycles. The zero-order valence-electron chi connectivity index (χ0n) is 12.2. The van der Waals surface area contributed by atoms with Gasteiger partial charge in [-0.2, -0.15) is 0 Å². The number of pyridine rings is 1. The van der Waals surface area contributed by atoms with Crippen molar-refractivity contribution in [1.82, 2.24) is 15.6 Å². The number of aromatic hydroxyl groups is 1. The second-order valence-electron chi connectivity index (χ2n) is 5.27. The molecule has 2 rings (SSSR count). The Labute approximate surface area is 132 Å². The maximum absolute atomic E-state index is 11.8. The first kappa shape index (κ1) is 17.7.